The number of methoxy groups -OCH3 is 1. The molecule has 0 saturated heterocycles. The molecule has 0 unspecified atom stereocenters. The van der Waals surface area contributed by atoms with Gasteiger partial charge in [0.25, 0.3) is 0 Å². The van der Waals surface area contributed by atoms with Crippen LogP contribution in [0.2, 0.25) is 0 Å². The van der Waals surface area contributed by atoms with Crippen LogP contribution in [0, 0.1) is 0 Å². The lowest BCUT2D eigenvalue weighted by atomic mass is 10.0. The highest BCUT2D eigenvalue weighted by atomic mass is 16.5. The van der Waals surface area contributed by atoms with Crippen LogP contribution in [0.5, 0.6) is 5.75 Å². The molecule has 2 N–H and O–H groups in total. The first-order valence-corrected chi connectivity index (χ1v) is 6.31. The largest absolute Gasteiger partial charge is 0.495 e. The molecule has 0 spiro atoms. The van der Waals surface area contributed by atoms with Crippen molar-refractivity contribution in [2.45, 2.75) is 32.7 Å². The van der Waals surface area contributed by atoms with Crippen molar-refractivity contribution in [1.29, 1.82) is 0 Å². The SMILES string of the molecule is COc1cc2c(cc1N)CCN(C(C)C)CC2. The molecule has 0 aliphatic carbocycles. The van der Waals surface area contributed by atoms with E-state index in [1.54, 1.807) is 7.11 Å². The molecule has 17 heavy (non-hydrogen) atoms. The Kier molecular flexibility index (Phi) is 3.57. The fraction of sp³-hybridized carbons (Fsp3) is 0.571. The van der Waals surface area contributed by atoms with Crippen LogP contribution in [-0.2, 0) is 12.8 Å². The number of rotatable bonds is 2. The molecule has 0 atom stereocenters. The molecule has 0 radical (unpaired) electrons. The Balaban J connectivity index is 2.25. The zero-order valence-corrected chi connectivity index (χ0v) is 11.0. The minimum absolute atomic E-state index is 0.614. The predicted octanol–water partition coefficient (Wildman–Crippen LogP) is 2.09. The van der Waals surface area contributed by atoms with Crippen LogP contribution in [0.3, 0.4) is 0 Å². The topological polar surface area (TPSA) is 38.5 Å². The molecule has 0 aromatic heterocycles. The lowest BCUT2D eigenvalue weighted by Gasteiger charge is -2.23. The van der Waals surface area contributed by atoms with Crippen molar-refractivity contribution in [3.8, 4) is 5.75 Å². The van der Waals surface area contributed by atoms with Crippen molar-refractivity contribution < 1.29 is 4.74 Å². The van der Waals surface area contributed by atoms with Crippen LogP contribution < -0.4 is 10.5 Å². The van der Waals surface area contributed by atoms with E-state index in [1.165, 1.54) is 11.1 Å². The van der Waals surface area contributed by atoms with E-state index >= 15 is 0 Å². The summed E-state index contributed by atoms with van der Waals surface area (Å²) in [6, 6.07) is 4.80. The van der Waals surface area contributed by atoms with Crippen LogP contribution in [0.4, 0.5) is 5.69 Å². The minimum Gasteiger partial charge on any atom is -0.495 e. The Bertz CT molecular complexity index is 401. The summed E-state index contributed by atoms with van der Waals surface area (Å²) in [5.41, 5.74) is 9.49. The van der Waals surface area contributed by atoms with Gasteiger partial charge in [0.1, 0.15) is 5.75 Å². The molecular formula is C14H22N2O. The highest BCUT2D eigenvalue weighted by Crippen LogP contribution is 2.28. The molecule has 0 amide bonds. The summed E-state index contributed by atoms with van der Waals surface area (Å²) in [7, 11) is 1.68. The Morgan fingerprint density at radius 3 is 2.29 bits per heavy atom. The van der Waals surface area contributed by atoms with Gasteiger partial charge in [0.15, 0.2) is 0 Å². The summed E-state index contributed by atoms with van der Waals surface area (Å²) in [6.45, 7) is 6.75. The maximum Gasteiger partial charge on any atom is 0.142 e. The maximum absolute atomic E-state index is 5.96. The molecule has 3 heteroatoms. The van der Waals surface area contributed by atoms with Gasteiger partial charge in [-0.2, -0.15) is 0 Å². The quantitative estimate of drug-likeness (QED) is 0.796. The summed E-state index contributed by atoms with van der Waals surface area (Å²) in [4.78, 5) is 2.52. The van der Waals surface area contributed by atoms with E-state index in [0.717, 1.165) is 37.4 Å². The van der Waals surface area contributed by atoms with Crippen molar-refractivity contribution in [3.63, 3.8) is 0 Å². The normalized spacial score (nSPS) is 16.7. The van der Waals surface area contributed by atoms with Crippen molar-refractivity contribution >= 4 is 5.69 Å². The predicted molar refractivity (Wildman–Crippen MR) is 71.5 cm³/mol. The third kappa shape index (κ3) is 2.55. The lowest BCUT2D eigenvalue weighted by Crippen LogP contribution is -2.32. The summed E-state index contributed by atoms with van der Waals surface area (Å²) in [5, 5.41) is 0. The zero-order chi connectivity index (χ0) is 12.4. The van der Waals surface area contributed by atoms with Crippen molar-refractivity contribution in [2.24, 2.45) is 0 Å². The van der Waals surface area contributed by atoms with Gasteiger partial charge in [-0.1, -0.05) is 0 Å². The van der Waals surface area contributed by atoms with E-state index in [2.05, 4.69) is 30.9 Å². The van der Waals surface area contributed by atoms with Crippen molar-refractivity contribution in [3.05, 3.63) is 23.3 Å². The second-order valence-corrected chi connectivity index (χ2v) is 4.99. The molecule has 2 rings (SSSR count). The molecule has 1 heterocycles. The highest BCUT2D eigenvalue weighted by molar-refractivity contribution is 5.57. The first kappa shape index (κ1) is 12.2. The number of hydrogen-bond donors (Lipinski definition) is 1. The lowest BCUT2D eigenvalue weighted by molar-refractivity contribution is 0.233. The number of benzene rings is 1. The first-order chi connectivity index (χ1) is 8.11. The molecule has 94 valence electrons. The van der Waals surface area contributed by atoms with Gasteiger partial charge in [-0.05, 0) is 49.9 Å². The smallest absolute Gasteiger partial charge is 0.142 e. The van der Waals surface area contributed by atoms with E-state index in [-0.39, 0.29) is 0 Å². The zero-order valence-electron chi connectivity index (χ0n) is 11.0. The van der Waals surface area contributed by atoms with Crippen LogP contribution >= 0.6 is 0 Å². The van der Waals surface area contributed by atoms with E-state index in [9.17, 15) is 0 Å². The summed E-state index contributed by atoms with van der Waals surface area (Å²) >= 11 is 0. The fourth-order valence-electron chi connectivity index (χ4n) is 2.48. The highest BCUT2D eigenvalue weighted by Gasteiger charge is 2.17. The first-order valence-electron chi connectivity index (χ1n) is 6.31. The van der Waals surface area contributed by atoms with Gasteiger partial charge in [0, 0.05) is 19.1 Å². The maximum atomic E-state index is 5.96. The number of nitrogens with two attached hydrogens (primary N) is 1. The third-order valence-electron chi connectivity index (χ3n) is 3.62. The Hall–Kier alpha value is -1.22. The summed E-state index contributed by atoms with van der Waals surface area (Å²) in [5.74, 6) is 0.807. The van der Waals surface area contributed by atoms with Gasteiger partial charge in [-0.25, -0.2) is 0 Å². The van der Waals surface area contributed by atoms with Gasteiger partial charge in [0.05, 0.1) is 12.8 Å². The number of fused-ring (bicyclic) bond motifs is 1. The molecule has 1 aliphatic rings. The van der Waals surface area contributed by atoms with Gasteiger partial charge in [0.2, 0.25) is 0 Å². The molecule has 0 saturated carbocycles. The van der Waals surface area contributed by atoms with Gasteiger partial charge in [-0.15, -0.1) is 0 Å². The molecule has 0 fully saturated rings. The number of ether oxygens (including phenoxy) is 1. The molecule has 0 bridgehead atoms. The van der Waals surface area contributed by atoms with Crippen LogP contribution in [-0.4, -0.2) is 31.1 Å². The second kappa shape index (κ2) is 4.96. The Morgan fingerprint density at radius 2 is 1.76 bits per heavy atom. The summed E-state index contributed by atoms with van der Waals surface area (Å²) < 4.78 is 5.29. The van der Waals surface area contributed by atoms with Crippen LogP contribution in [0.25, 0.3) is 0 Å². The van der Waals surface area contributed by atoms with Gasteiger partial charge < -0.3 is 15.4 Å². The van der Waals surface area contributed by atoms with Crippen LogP contribution in [0.15, 0.2) is 12.1 Å². The molecule has 3 nitrogen and oxygen atoms in total. The monoisotopic (exact) mass is 234 g/mol. The van der Waals surface area contributed by atoms with Crippen molar-refractivity contribution in [2.75, 3.05) is 25.9 Å². The standard InChI is InChI=1S/C14H22N2O/c1-10(2)16-6-4-11-8-13(15)14(17-3)9-12(11)5-7-16/h8-10H,4-7,15H2,1-3H3. The van der Waals surface area contributed by atoms with E-state index < -0.39 is 0 Å². The van der Waals surface area contributed by atoms with E-state index in [1.807, 2.05) is 0 Å². The fourth-order valence-corrected chi connectivity index (χ4v) is 2.48. The molecule has 1 aromatic rings. The average Bonchev–Trinajstić information content (AvgIpc) is 2.50. The second-order valence-electron chi connectivity index (χ2n) is 4.99. The molecule has 1 aliphatic heterocycles. The van der Waals surface area contributed by atoms with Crippen molar-refractivity contribution in [1.82, 2.24) is 4.90 Å². The third-order valence-corrected chi connectivity index (χ3v) is 3.62. The Morgan fingerprint density at radius 1 is 1.18 bits per heavy atom. The number of nitrogen functional groups attached to an aromatic ring is 1. The summed E-state index contributed by atoms with van der Waals surface area (Å²) in [6.07, 6.45) is 2.17. The molecular weight excluding hydrogens is 212 g/mol. The number of nitrogens with zero attached hydrogens (tertiary/aromatic N) is 1. The molecule has 1 aromatic carbocycles. The van der Waals surface area contributed by atoms with Gasteiger partial charge >= 0.3 is 0 Å². The number of hydrogen-bond acceptors (Lipinski definition) is 3. The Labute approximate surface area is 104 Å². The average molecular weight is 234 g/mol. The van der Waals surface area contributed by atoms with Crippen LogP contribution in [0.1, 0.15) is 25.0 Å². The van der Waals surface area contributed by atoms with Gasteiger partial charge in [-0.3, -0.25) is 0 Å². The van der Waals surface area contributed by atoms with E-state index in [0.29, 0.717) is 6.04 Å². The number of anilines is 1. The van der Waals surface area contributed by atoms with E-state index in [4.69, 9.17) is 10.5 Å². The minimum atomic E-state index is 0.614.